The third-order valence-corrected chi connectivity index (χ3v) is 10.7. The van der Waals surface area contributed by atoms with Gasteiger partial charge < -0.3 is 14.7 Å². The number of likely N-dealkylation sites (tertiary alicyclic amines) is 3. The number of amides is 3. The number of urea groups is 1. The summed E-state index contributed by atoms with van der Waals surface area (Å²) in [5.74, 6) is 0.668. The van der Waals surface area contributed by atoms with Gasteiger partial charge in [-0.3, -0.25) is 9.79 Å². The highest BCUT2D eigenvalue weighted by Crippen LogP contribution is 2.57. The van der Waals surface area contributed by atoms with Crippen molar-refractivity contribution < 1.29 is 9.59 Å². The molecule has 2 bridgehead atoms. The first-order valence-corrected chi connectivity index (χ1v) is 14.2. The van der Waals surface area contributed by atoms with Gasteiger partial charge in [0.15, 0.2) is 0 Å². The molecule has 36 heavy (non-hydrogen) atoms. The molecule has 4 aliphatic heterocycles. The molecule has 0 saturated carbocycles. The Labute approximate surface area is 216 Å². The van der Waals surface area contributed by atoms with E-state index in [9.17, 15) is 9.59 Å². The number of fused-ring (bicyclic) bond motifs is 5. The predicted molar refractivity (Wildman–Crippen MR) is 143 cm³/mol. The maximum Gasteiger partial charge on any atom is 0.320 e. The molecule has 1 aromatic carbocycles. The number of hydrogen-bond acceptors (Lipinski definition) is 3. The van der Waals surface area contributed by atoms with Gasteiger partial charge >= 0.3 is 6.03 Å². The maximum absolute atomic E-state index is 13.6. The fourth-order valence-corrected chi connectivity index (χ4v) is 7.90. The van der Waals surface area contributed by atoms with E-state index in [2.05, 4.69) is 42.7 Å². The summed E-state index contributed by atoms with van der Waals surface area (Å²) in [6.07, 6.45) is 8.44. The van der Waals surface area contributed by atoms with Gasteiger partial charge in [-0.25, -0.2) is 4.79 Å². The number of carbonyl (C=O) groups excluding carboxylic acids is 2. The smallest absolute Gasteiger partial charge is 0.320 e. The van der Waals surface area contributed by atoms with Crippen molar-refractivity contribution in [2.24, 2.45) is 16.3 Å². The Kier molecular flexibility index (Phi) is 5.73. The molecule has 2 atom stereocenters. The van der Waals surface area contributed by atoms with E-state index in [-0.39, 0.29) is 28.8 Å². The Morgan fingerprint density at radius 1 is 0.917 bits per heavy atom. The lowest BCUT2D eigenvalue weighted by Gasteiger charge is -2.61. The summed E-state index contributed by atoms with van der Waals surface area (Å²) in [6.45, 7) is 13.3. The van der Waals surface area contributed by atoms with Crippen LogP contribution in [0.3, 0.4) is 0 Å². The zero-order valence-electron chi connectivity index (χ0n) is 22.6. The van der Waals surface area contributed by atoms with Crippen LogP contribution in [0.1, 0.15) is 82.9 Å². The second kappa shape index (κ2) is 8.59. The molecular formula is C30H42N4O2. The highest BCUT2D eigenvalue weighted by atomic mass is 16.2. The van der Waals surface area contributed by atoms with Crippen LogP contribution < -0.4 is 0 Å². The van der Waals surface area contributed by atoms with Crippen molar-refractivity contribution in [1.82, 2.24) is 14.7 Å². The summed E-state index contributed by atoms with van der Waals surface area (Å²) in [7, 11) is 0. The third kappa shape index (κ3) is 3.61. The average Bonchev–Trinajstić information content (AvgIpc) is 3.29. The van der Waals surface area contributed by atoms with Gasteiger partial charge in [0.1, 0.15) is 0 Å². The lowest BCUT2D eigenvalue weighted by Crippen LogP contribution is -2.66. The average molecular weight is 491 g/mol. The molecule has 0 spiro atoms. The Balaban J connectivity index is 1.27. The zero-order valence-corrected chi connectivity index (χ0v) is 22.6. The quantitative estimate of drug-likeness (QED) is 0.550. The molecule has 1 aliphatic carbocycles. The highest BCUT2D eigenvalue weighted by molar-refractivity contribution is 5.96. The molecule has 6 rings (SSSR count). The molecule has 3 saturated heterocycles. The Hall–Kier alpha value is -2.37. The summed E-state index contributed by atoms with van der Waals surface area (Å²) in [6, 6.07) is 5.33. The lowest BCUT2D eigenvalue weighted by molar-refractivity contribution is -0.129. The van der Waals surface area contributed by atoms with Gasteiger partial charge in [0.25, 0.3) is 0 Å². The van der Waals surface area contributed by atoms with E-state index in [1.54, 1.807) is 6.92 Å². The first-order chi connectivity index (χ1) is 17.2. The van der Waals surface area contributed by atoms with E-state index in [4.69, 9.17) is 4.99 Å². The van der Waals surface area contributed by atoms with Gasteiger partial charge in [0.05, 0.1) is 5.69 Å². The second-order valence-electron chi connectivity index (χ2n) is 12.7. The summed E-state index contributed by atoms with van der Waals surface area (Å²) in [4.78, 5) is 36.9. The molecule has 5 aliphatic rings. The van der Waals surface area contributed by atoms with Crippen LogP contribution in [0.15, 0.2) is 17.1 Å². The minimum absolute atomic E-state index is 0.00258. The summed E-state index contributed by atoms with van der Waals surface area (Å²) >= 11 is 0. The van der Waals surface area contributed by atoms with E-state index in [0.29, 0.717) is 5.92 Å². The normalized spacial score (nSPS) is 29.5. The van der Waals surface area contributed by atoms with Crippen LogP contribution in [0.4, 0.5) is 10.5 Å². The fraction of sp³-hybridized carbons (Fsp3) is 0.700. The summed E-state index contributed by atoms with van der Waals surface area (Å²) in [5.41, 5.74) is 6.76. The largest absolute Gasteiger partial charge is 0.343 e. The van der Waals surface area contributed by atoms with Crippen molar-refractivity contribution in [3.63, 3.8) is 0 Å². The van der Waals surface area contributed by atoms with E-state index < -0.39 is 0 Å². The van der Waals surface area contributed by atoms with Crippen LogP contribution >= 0.6 is 0 Å². The molecule has 0 radical (unpaired) electrons. The minimum Gasteiger partial charge on any atom is -0.343 e. The molecule has 0 unspecified atom stereocenters. The predicted octanol–water partition coefficient (Wildman–Crippen LogP) is 5.09. The second-order valence-corrected chi connectivity index (χ2v) is 12.7. The number of hydrogen-bond donors (Lipinski definition) is 0. The Bertz CT molecular complexity index is 1110. The van der Waals surface area contributed by atoms with Gasteiger partial charge in [-0.1, -0.05) is 26.8 Å². The van der Waals surface area contributed by atoms with E-state index in [1.807, 2.05) is 4.90 Å². The van der Waals surface area contributed by atoms with Gasteiger partial charge in [-0.05, 0) is 73.1 Å². The van der Waals surface area contributed by atoms with Crippen LogP contribution in [0.5, 0.6) is 0 Å². The Morgan fingerprint density at radius 3 is 2.33 bits per heavy atom. The van der Waals surface area contributed by atoms with Gasteiger partial charge in [0, 0.05) is 69.2 Å². The first kappa shape index (κ1) is 24.0. The highest BCUT2D eigenvalue weighted by Gasteiger charge is 2.57. The third-order valence-electron chi connectivity index (χ3n) is 10.7. The van der Waals surface area contributed by atoms with Crippen molar-refractivity contribution in [3.05, 3.63) is 28.8 Å². The van der Waals surface area contributed by atoms with Crippen molar-refractivity contribution in [1.29, 1.82) is 0 Å². The molecule has 6 nitrogen and oxygen atoms in total. The van der Waals surface area contributed by atoms with Crippen LogP contribution in [0.25, 0.3) is 0 Å². The van der Waals surface area contributed by atoms with Crippen LogP contribution in [0.2, 0.25) is 0 Å². The van der Waals surface area contributed by atoms with Crippen molar-refractivity contribution in [2.45, 2.75) is 90.5 Å². The van der Waals surface area contributed by atoms with E-state index in [0.717, 1.165) is 77.7 Å². The van der Waals surface area contributed by atoms with Gasteiger partial charge in [-0.2, -0.15) is 0 Å². The number of nitrogens with zero attached hydrogens (tertiary/aromatic N) is 4. The number of aliphatic imine (C=N–C) groups is 1. The van der Waals surface area contributed by atoms with Crippen molar-refractivity contribution >= 4 is 23.3 Å². The molecular weight excluding hydrogens is 448 g/mol. The first-order valence-electron chi connectivity index (χ1n) is 14.2. The number of benzene rings is 1. The molecule has 4 heterocycles. The van der Waals surface area contributed by atoms with Crippen molar-refractivity contribution in [2.75, 3.05) is 32.7 Å². The molecule has 194 valence electrons. The number of rotatable bonds is 1. The van der Waals surface area contributed by atoms with Crippen LogP contribution in [-0.4, -0.2) is 71.1 Å². The molecule has 6 heteroatoms. The lowest BCUT2D eigenvalue weighted by atomic mass is 9.51. The topological polar surface area (TPSA) is 56.2 Å². The van der Waals surface area contributed by atoms with Crippen molar-refractivity contribution in [3.8, 4) is 0 Å². The monoisotopic (exact) mass is 490 g/mol. The maximum atomic E-state index is 13.6. The van der Waals surface area contributed by atoms with Gasteiger partial charge in [0.2, 0.25) is 5.91 Å². The summed E-state index contributed by atoms with van der Waals surface area (Å²) in [5, 5.41) is 0. The standard InChI is InChI=1S/C30H42N4O2/c1-20(35)32-13-8-21(9-14-32)25-17-23-16-22-18-27-29(2,3)30(4,24(22)19-26(23)31-25)10-15-34(27)28(36)33-11-6-5-7-12-33/h16,19,21,27H,5-15,17-18H2,1-4H3/t27-,30+/m1/s1. The number of carbonyl (C=O) groups is 2. The van der Waals surface area contributed by atoms with E-state index >= 15 is 0 Å². The molecule has 0 aromatic heterocycles. The fourth-order valence-electron chi connectivity index (χ4n) is 7.90. The molecule has 3 amide bonds. The minimum atomic E-state index is 0.00258. The van der Waals surface area contributed by atoms with Gasteiger partial charge in [-0.15, -0.1) is 0 Å². The zero-order chi connectivity index (χ0) is 25.2. The SMILES string of the molecule is CC(=O)N1CCC(C2=Nc3cc4c(cc3C2)C[C@H]2N(C(=O)N3CCCCC3)CC[C@]4(C)C2(C)C)CC1. The molecule has 1 aromatic rings. The van der Waals surface area contributed by atoms with Crippen LogP contribution in [0, 0.1) is 11.3 Å². The number of piperidine rings is 3. The van der Waals surface area contributed by atoms with Crippen LogP contribution in [-0.2, 0) is 23.1 Å². The summed E-state index contributed by atoms with van der Waals surface area (Å²) < 4.78 is 0. The Morgan fingerprint density at radius 2 is 1.64 bits per heavy atom. The molecule has 3 fully saturated rings. The van der Waals surface area contributed by atoms with E-state index in [1.165, 1.54) is 34.5 Å². The molecule has 0 N–H and O–H groups in total.